The first kappa shape index (κ1) is 13.6. The van der Waals surface area contributed by atoms with E-state index in [0.717, 1.165) is 30.6 Å². The Hall–Kier alpha value is -0.330. The number of carbonyl (C=O) groups excluding carboxylic acids is 1. The van der Waals surface area contributed by atoms with E-state index in [4.69, 9.17) is 0 Å². The van der Waals surface area contributed by atoms with Crippen LogP contribution >= 0.6 is 0 Å². The summed E-state index contributed by atoms with van der Waals surface area (Å²) in [5, 5.41) is 0. The van der Waals surface area contributed by atoms with Gasteiger partial charge in [0.2, 0.25) is 0 Å². The fraction of sp³-hybridized carbons (Fsp3) is 0.944. The Kier molecular flexibility index (Phi) is 3.11. The zero-order valence-electron chi connectivity index (χ0n) is 13.2. The zero-order chi connectivity index (χ0) is 13.8. The molecule has 2 bridgehead atoms. The lowest BCUT2D eigenvalue weighted by Crippen LogP contribution is -2.39. The van der Waals surface area contributed by atoms with Crippen molar-refractivity contribution < 1.29 is 4.79 Å². The number of hydrogen-bond acceptors (Lipinski definition) is 1. The summed E-state index contributed by atoms with van der Waals surface area (Å²) in [4.78, 5) is 12.0. The molecule has 0 aromatic rings. The first-order valence-corrected chi connectivity index (χ1v) is 8.43. The minimum Gasteiger partial charge on any atom is -0.299 e. The van der Waals surface area contributed by atoms with Crippen molar-refractivity contribution >= 4 is 5.78 Å². The molecule has 3 aliphatic rings. The van der Waals surface area contributed by atoms with Crippen molar-refractivity contribution in [3.63, 3.8) is 0 Å². The molecule has 0 aromatic carbocycles. The fourth-order valence-corrected chi connectivity index (χ4v) is 5.88. The Morgan fingerprint density at radius 2 is 1.89 bits per heavy atom. The Morgan fingerprint density at radius 3 is 2.42 bits per heavy atom. The molecule has 1 heteroatoms. The van der Waals surface area contributed by atoms with Gasteiger partial charge in [-0.25, -0.2) is 0 Å². The lowest BCUT2D eigenvalue weighted by atomic mass is 9.60. The number of Topliss-reactive ketones (excluding diaryl/α,β-unsaturated/α-hetero) is 1. The summed E-state index contributed by atoms with van der Waals surface area (Å²) in [7, 11) is 0. The molecular weight excluding hydrogens is 232 g/mol. The van der Waals surface area contributed by atoms with Crippen molar-refractivity contribution in [2.24, 2.45) is 34.5 Å². The average Bonchev–Trinajstić information content (AvgIpc) is 2.72. The van der Waals surface area contributed by atoms with Gasteiger partial charge in [0.25, 0.3) is 0 Å². The minimum absolute atomic E-state index is 0.379. The third-order valence-corrected chi connectivity index (χ3v) is 7.73. The topological polar surface area (TPSA) is 17.1 Å². The van der Waals surface area contributed by atoms with Crippen LogP contribution in [0.1, 0.15) is 72.6 Å². The van der Waals surface area contributed by atoms with Crippen LogP contribution in [0.4, 0.5) is 0 Å². The molecule has 0 heterocycles. The van der Waals surface area contributed by atoms with Crippen molar-refractivity contribution in [2.75, 3.05) is 0 Å². The van der Waals surface area contributed by atoms with Crippen molar-refractivity contribution in [3.05, 3.63) is 0 Å². The maximum atomic E-state index is 12.0. The Bertz CT molecular complexity index is 383. The lowest BCUT2D eigenvalue weighted by molar-refractivity contribution is -0.126. The number of fused-ring (bicyclic) bond motifs is 2. The molecule has 1 nitrogen and oxygen atoms in total. The third-order valence-electron chi connectivity index (χ3n) is 7.73. The summed E-state index contributed by atoms with van der Waals surface area (Å²) >= 11 is 0. The quantitative estimate of drug-likeness (QED) is 0.695. The van der Waals surface area contributed by atoms with Gasteiger partial charge in [-0.3, -0.25) is 4.79 Å². The number of rotatable bonds is 2. The van der Waals surface area contributed by atoms with Crippen molar-refractivity contribution in [1.29, 1.82) is 0 Å². The summed E-state index contributed by atoms with van der Waals surface area (Å²) in [5.41, 5.74) is 1.07. The number of carbonyl (C=O) groups is 1. The molecule has 5 atom stereocenters. The van der Waals surface area contributed by atoms with Crippen molar-refractivity contribution in [3.8, 4) is 0 Å². The Balaban J connectivity index is 1.79. The second-order valence-electron chi connectivity index (χ2n) is 8.32. The van der Waals surface area contributed by atoms with Gasteiger partial charge in [0.05, 0.1) is 0 Å². The van der Waals surface area contributed by atoms with E-state index in [1.165, 1.54) is 32.1 Å². The van der Waals surface area contributed by atoms with Gasteiger partial charge in [0.15, 0.2) is 0 Å². The van der Waals surface area contributed by atoms with Crippen LogP contribution in [0.15, 0.2) is 0 Å². The molecular formula is C18H30O. The molecule has 0 N–H and O–H groups in total. The van der Waals surface area contributed by atoms with Crippen LogP contribution in [-0.4, -0.2) is 5.78 Å². The SMILES string of the molecule is CCC1CC([C@@H]2C[C@H]3CC[C@]2(C)C3(C)C)CCC1=O. The normalized spacial score (nSPS) is 48.7. The Morgan fingerprint density at radius 1 is 1.16 bits per heavy atom. The van der Waals surface area contributed by atoms with E-state index < -0.39 is 0 Å². The van der Waals surface area contributed by atoms with Gasteiger partial charge >= 0.3 is 0 Å². The molecule has 3 saturated carbocycles. The molecule has 3 rings (SSSR count). The van der Waals surface area contributed by atoms with Crippen molar-refractivity contribution in [1.82, 2.24) is 0 Å². The van der Waals surface area contributed by atoms with E-state index in [2.05, 4.69) is 27.7 Å². The van der Waals surface area contributed by atoms with E-state index in [1.54, 1.807) is 0 Å². The first-order valence-electron chi connectivity index (χ1n) is 8.43. The molecule has 0 radical (unpaired) electrons. The highest BCUT2D eigenvalue weighted by Gasteiger charge is 2.62. The lowest BCUT2D eigenvalue weighted by Gasteiger charge is -2.45. The second kappa shape index (κ2) is 4.33. The molecule has 0 aromatic heterocycles. The summed E-state index contributed by atoms with van der Waals surface area (Å²) in [6.07, 6.45) is 8.61. The highest BCUT2D eigenvalue weighted by Crippen LogP contribution is 2.70. The average molecular weight is 262 g/mol. The smallest absolute Gasteiger partial charge is 0.135 e. The van der Waals surface area contributed by atoms with Gasteiger partial charge in [0.1, 0.15) is 5.78 Å². The largest absolute Gasteiger partial charge is 0.299 e. The van der Waals surface area contributed by atoms with E-state index in [-0.39, 0.29) is 0 Å². The maximum absolute atomic E-state index is 12.0. The van der Waals surface area contributed by atoms with Gasteiger partial charge in [-0.1, -0.05) is 27.7 Å². The zero-order valence-corrected chi connectivity index (χ0v) is 13.2. The number of ketones is 1. The van der Waals surface area contributed by atoms with E-state index in [1.807, 2.05) is 0 Å². The first-order chi connectivity index (χ1) is 8.90. The molecule has 3 fully saturated rings. The third kappa shape index (κ3) is 1.76. The molecule has 0 amide bonds. The highest BCUT2D eigenvalue weighted by atomic mass is 16.1. The van der Waals surface area contributed by atoms with Gasteiger partial charge in [-0.15, -0.1) is 0 Å². The van der Waals surface area contributed by atoms with Crippen LogP contribution in [0, 0.1) is 34.5 Å². The molecule has 0 aliphatic heterocycles. The van der Waals surface area contributed by atoms with E-state index in [9.17, 15) is 4.79 Å². The van der Waals surface area contributed by atoms with Crippen LogP contribution in [0.2, 0.25) is 0 Å². The number of hydrogen-bond donors (Lipinski definition) is 0. The monoisotopic (exact) mass is 262 g/mol. The highest BCUT2D eigenvalue weighted by molar-refractivity contribution is 5.81. The molecule has 108 valence electrons. The molecule has 2 unspecified atom stereocenters. The maximum Gasteiger partial charge on any atom is 0.135 e. The van der Waals surface area contributed by atoms with Crippen LogP contribution in [0.3, 0.4) is 0 Å². The molecule has 0 saturated heterocycles. The summed E-state index contributed by atoms with van der Waals surface area (Å²) in [6, 6.07) is 0. The van der Waals surface area contributed by atoms with Crippen LogP contribution in [0.5, 0.6) is 0 Å². The summed E-state index contributed by atoms with van der Waals surface area (Å²) in [5.74, 6) is 3.59. The minimum atomic E-state index is 0.379. The summed E-state index contributed by atoms with van der Waals surface area (Å²) in [6.45, 7) is 9.77. The van der Waals surface area contributed by atoms with E-state index in [0.29, 0.717) is 22.5 Å². The fourth-order valence-electron chi connectivity index (χ4n) is 5.88. The van der Waals surface area contributed by atoms with Crippen LogP contribution < -0.4 is 0 Å². The van der Waals surface area contributed by atoms with Crippen molar-refractivity contribution in [2.45, 2.75) is 72.6 Å². The van der Waals surface area contributed by atoms with Crippen LogP contribution in [-0.2, 0) is 4.79 Å². The summed E-state index contributed by atoms with van der Waals surface area (Å²) < 4.78 is 0. The second-order valence-corrected chi connectivity index (χ2v) is 8.32. The standard InChI is InChI=1S/C18H30O/c1-5-12-10-13(6-7-16(12)19)15-11-14-8-9-18(15,4)17(14,2)3/h12-15H,5-11H2,1-4H3/t12?,13?,14-,15+,18+/m1/s1. The van der Waals surface area contributed by atoms with Gasteiger partial charge < -0.3 is 0 Å². The van der Waals surface area contributed by atoms with Gasteiger partial charge in [0, 0.05) is 12.3 Å². The molecule has 3 aliphatic carbocycles. The van der Waals surface area contributed by atoms with Gasteiger partial charge in [-0.05, 0) is 67.1 Å². The predicted octanol–water partition coefficient (Wildman–Crippen LogP) is 4.84. The van der Waals surface area contributed by atoms with Gasteiger partial charge in [-0.2, -0.15) is 0 Å². The van der Waals surface area contributed by atoms with Crippen LogP contribution in [0.25, 0.3) is 0 Å². The van der Waals surface area contributed by atoms with E-state index >= 15 is 0 Å². The predicted molar refractivity (Wildman–Crippen MR) is 78.8 cm³/mol. The molecule has 19 heavy (non-hydrogen) atoms. The Labute approximate surface area is 118 Å². The molecule has 0 spiro atoms.